The normalized spacial score (nSPS) is 15.4. The largest absolute Gasteiger partial charge is 0.473 e. The van der Waals surface area contributed by atoms with E-state index in [1.54, 1.807) is 18.6 Å². The highest BCUT2D eigenvalue weighted by Crippen LogP contribution is 2.19. The van der Waals surface area contributed by atoms with Gasteiger partial charge >= 0.3 is 0 Å². The van der Waals surface area contributed by atoms with Crippen molar-refractivity contribution in [3.63, 3.8) is 0 Å². The van der Waals surface area contributed by atoms with E-state index < -0.39 is 0 Å². The van der Waals surface area contributed by atoms with Gasteiger partial charge < -0.3 is 9.64 Å². The number of aromatic nitrogens is 2. The molecule has 6 heteroatoms. The van der Waals surface area contributed by atoms with Crippen LogP contribution in [-0.2, 0) is 11.2 Å². The summed E-state index contributed by atoms with van der Waals surface area (Å²) in [5, 5.41) is 0.640. The summed E-state index contributed by atoms with van der Waals surface area (Å²) >= 11 is 6.12. The van der Waals surface area contributed by atoms with Crippen LogP contribution in [0.25, 0.3) is 0 Å². The molecule has 0 saturated carbocycles. The lowest BCUT2D eigenvalue weighted by atomic mass is 10.1. The van der Waals surface area contributed by atoms with Gasteiger partial charge in [0.25, 0.3) is 0 Å². The van der Waals surface area contributed by atoms with Crippen molar-refractivity contribution in [1.29, 1.82) is 0 Å². The van der Waals surface area contributed by atoms with Crippen LogP contribution in [0.5, 0.6) is 5.88 Å². The lowest BCUT2D eigenvalue weighted by Crippen LogP contribution is -2.42. The molecule has 5 nitrogen and oxygen atoms in total. The van der Waals surface area contributed by atoms with Gasteiger partial charge in [-0.15, -0.1) is 0 Å². The fourth-order valence-electron chi connectivity index (χ4n) is 2.66. The van der Waals surface area contributed by atoms with E-state index in [9.17, 15) is 4.79 Å². The molecule has 0 spiro atoms. The second-order valence-electron chi connectivity index (χ2n) is 5.51. The number of hydrogen-bond acceptors (Lipinski definition) is 4. The van der Waals surface area contributed by atoms with E-state index >= 15 is 0 Å². The van der Waals surface area contributed by atoms with Gasteiger partial charge in [-0.25, -0.2) is 4.98 Å². The molecule has 2 heterocycles. The summed E-state index contributed by atoms with van der Waals surface area (Å²) in [7, 11) is 0. The number of carbonyl (C=O) groups excluding carboxylic acids is 1. The Morgan fingerprint density at radius 2 is 2.04 bits per heavy atom. The molecule has 1 aliphatic heterocycles. The Bertz CT molecular complexity index is 658. The van der Waals surface area contributed by atoms with Crippen LogP contribution in [0, 0.1) is 0 Å². The number of piperidine rings is 1. The van der Waals surface area contributed by atoms with E-state index in [2.05, 4.69) is 9.97 Å². The molecule has 120 valence electrons. The van der Waals surface area contributed by atoms with Crippen LogP contribution >= 0.6 is 11.6 Å². The quantitative estimate of drug-likeness (QED) is 0.864. The number of likely N-dealkylation sites (tertiary alicyclic amines) is 1. The number of rotatable bonds is 4. The first-order valence-corrected chi connectivity index (χ1v) is 8.04. The van der Waals surface area contributed by atoms with Gasteiger partial charge in [-0.3, -0.25) is 9.78 Å². The van der Waals surface area contributed by atoms with E-state index in [4.69, 9.17) is 16.3 Å². The third kappa shape index (κ3) is 4.20. The molecule has 2 aromatic rings. The Labute approximate surface area is 140 Å². The molecule has 3 rings (SSSR count). The number of ether oxygens (including phenoxy) is 1. The van der Waals surface area contributed by atoms with Crippen molar-refractivity contribution in [1.82, 2.24) is 14.9 Å². The summed E-state index contributed by atoms with van der Waals surface area (Å²) in [6.07, 6.45) is 6.84. The van der Waals surface area contributed by atoms with E-state index in [1.807, 2.05) is 29.2 Å². The monoisotopic (exact) mass is 331 g/mol. The molecule has 1 amide bonds. The molecule has 1 aliphatic rings. The minimum absolute atomic E-state index is 0.0797. The first-order valence-electron chi connectivity index (χ1n) is 7.66. The fraction of sp³-hybridized carbons (Fsp3) is 0.353. The molecular weight excluding hydrogens is 314 g/mol. The number of benzene rings is 1. The zero-order valence-electron chi connectivity index (χ0n) is 12.7. The molecular formula is C17H18ClN3O2. The maximum absolute atomic E-state index is 12.4. The van der Waals surface area contributed by atoms with Gasteiger partial charge in [-0.2, -0.15) is 0 Å². The van der Waals surface area contributed by atoms with Gasteiger partial charge in [-0.1, -0.05) is 29.8 Å². The zero-order chi connectivity index (χ0) is 16.1. The first-order chi connectivity index (χ1) is 11.2. The van der Waals surface area contributed by atoms with Crippen LogP contribution in [0.3, 0.4) is 0 Å². The summed E-state index contributed by atoms with van der Waals surface area (Å²) in [5.74, 6) is 0.643. The van der Waals surface area contributed by atoms with Crippen LogP contribution in [-0.4, -0.2) is 40.0 Å². The minimum Gasteiger partial charge on any atom is -0.473 e. The topological polar surface area (TPSA) is 55.3 Å². The minimum atomic E-state index is 0.0797. The number of halogens is 1. The summed E-state index contributed by atoms with van der Waals surface area (Å²) in [4.78, 5) is 22.4. The molecule has 0 unspecified atom stereocenters. The molecule has 0 bridgehead atoms. The lowest BCUT2D eigenvalue weighted by molar-refractivity contribution is -0.132. The molecule has 1 aromatic carbocycles. The van der Waals surface area contributed by atoms with Gasteiger partial charge in [0.05, 0.1) is 12.6 Å². The number of carbonyl (C=O) groups is 1. The lowest BCUT2D eigenvalue weighted by Gasteiger charge is -2.32. The molecule has 0 atom stereocenters. The third-order valence-electron chi connectivity index (χ3n) is 3.92. The maximum Gasteiger partial charge on any atom is 0.232 e. The Morgan fingerprint density at radius 3 is 2.74 bits per heavy atom. The first kappa shape index (κ1) is 15.7. The third-order valence-corrected chi connectivity index (χ3v) is 4.29. The molecule has 1 fully saturated rings. The average Bonchev–Trinajstić information content (AvgIpc) is 2.58. The smallest absolute Gasteiger partial charge is 0.232 e. The van der Waals surface area contributed by atoms with Crippen molar-refractivity contribution in [2.24, 2.45) is 0 Å². The summed E-state index contributed by atoms with van der Waals surface area (Å²) in [6, 6.07) is 7.47. The molecule has 0 radical (unpaired) electrons. The highest BCUT2D eigenvalue weighted by molar-refractivity contribution is 6.31. The summed E-state index contributed by atoms with van der Waals surface area (Å²) < 4.78 is 5.79. The molecule has 0 aliphatic carbocycles. The van der Waals surface area contributed by atoms with Crippen LogP contribution in [0.1, 0.15) is 18.4 Å². The Morgan fingerprint density at radius 1 is 1.26 bits per heavy atom. The van der Waals surface area contributed by atoms with Gasteiger partial charge in [-0.05, 0) is 11.6 Å². The summed E-state index contributed by atoms with van der Waals surface area (Å²) in [6.45, 7) is 1.38. The van der Waals surface area contributed by atoms with Gasteiger partial charge in [0, 0.05) is 43.3 Å². The van der Waals surface area contributed by atoms with Gasteiger partial charge in [0.15, 0.2) is 0 Å². The standard InChI is InChI=1S/C17H18ClN3O2/c18-15-4-2-1-3-13(15)11-17(22)21-9-5-14(6-10-21)23-16-12-19-7-8-20-16/h1-4,7-8,12,14H,5-6,9-11H2. The Balaban J connectivity index is 1.50. The van der Waals surface area contributed by atoms with Crippen molar-refractivity contribution in [2.75, 3.05) is 13.1 Å². The molecule has 23 heavy (non-hydrogen) atoms. The second-order valence-corrected chi connectivity index (χ2v) is 5.92. The fourth-order valence-corrected chi connectivity index (χ4v) is 2.86. The number of hydrogen-bond donors (Lipinski definition) is 0. The average molecular weight is 332 g/mol. The second kappa shape index (κ2) is 7.42. The highest BCUT2D eigenvalue weighted by Gasteiger charge is 2.24. The van der Waals surface area contributed by atoms with Crippen molar-refractivity contribution in [2.45, 2.75) is 25.4 Å². The van der Waals surface area contributed by atoms with Crippen LogP contribution in [0.4, 0.5) is 0 Å². The SMILES string of the molecule is O=C(Cc1ccccc1Cl)N1CCC(Oc2cnccn2)CC1. The van der Waals surface area contributed by atoms with E-state index in [1.165, 1.54) is 0 Å². The summed E-state index contributed by atoms with van der Waals surface area (Å²) in [5.41, 5.74) is 0.872. The van der Waals surface area contributed by atoms with Crippen molar-refractivity contribution < 1.29 is 9.53 Å². The van der Waals surface area contributed by atoms with Gasteiger partial charge in [0.1, 0.15) is 6.10 Å². The Kier molecular flexibility index (Phi) is 5.08. The zero-order valence-corrected chi connectivity index (χ0v) is 13.4. The predicted molar refractivity (Wildman–Crippen MR) is 87.4 cm³/mol. The predicted octanol–water partition coefficient (Wildman–Crippen LogP) is 2.74. The number of nitrogens with zero attached hydrogens (tertiary/aromatic N) is 3. The molecule has 1 saturated heterocycles. The van der Waals surface area contributed by atoms with Crippen LogP contribution in [0.15, 0.2) is 42.9 Å². The van der Waals surface area contributed by atoms with Crippen molar-refractivity contribution >= 4 is 17.5 Å². The van der Waals surface area contributed by atoms with Crippen LogP contribution < -0.4 is 4.74 Å². The van der Waals surface area contributed by atoms with E-state index in [0.717, 1.165) is 18.4 Å². The van der Waals surface area contributed by atoms with E-state index in [-0.39, 0.29) is 12.0 Å². The van der Waals surface area contributed by atoms with Crippen LogP contribution in [0.2, 0.25) is 5.02 Å². The van der Waals surface area contributed by atoms with E-state index in [0.29, 0.717) is 30.4 Å². The van der Waals surface area contributed by atoms with Crippen molar-refractivity contribution in [3.05, 3.63) is 53.4 Å². The maximum atomic E-state index is 12.4. The highest BCUT2D eigenvalue weighted by atomic mass is 35.5. The molecule has 1 aromatic heterocycles. The van der Waals surface area contributed by atoms with Crippen molar-refractivity contribution in [3.8, 4) is 5.88 Å². The Hall–Kier alpha value is -2.14. The molecule has 0 N–H and O–H groups in total. The number of amides is 1. The van der Waals surface area contributed by atoms with Gasteiger partial charge in [0.2, 0.25) is 11.8 Å².